The van der Waals surface area contributed by atoms with E-state index in [-0.39, 0.29) is 11.6 Å². The highest BCUT2D eigenvalue weighted by molar-refractivity contribution is 5.94. The minimum absolute atomic E-state index is 0.0734. The topological polar surface area (TPSA) is 88.5 Å². The standard InChI is InChI=1S/C12H14N2O4/c15-11(14-5-8-3-4-18-7-8)9-1-2-10(12(16)17)13-6-9/h1-2,6,8H,3-5,7H2,(H,14,15)(H,16,17). The first-order valence-electron chi connectivity index (χ1n) is 5.72. The number of carboxylic acids is 1. The van der Waals surface area contributed by atoms with Gasteiger partial charge in [-0.3, -0.25) is 4.79 Å². The molecule has 1 amide bonds. The molecule has 18 heavy (non-hydrogen) atoms. The summed E-state index contributed by atoms with van der Waals surface area (Å²) in [5.41, 5.74) is 0.287. The molecule has 1 aromatic rings. The molecule has 1 fully saturated rings. The van der Waals surface area contributed by atoms with Crippen LogP contribution in [0.4, 0.5) is 0 Å². The molecule has 0 radical (unpaired) electrons. The maximum atomic E-state index is 11.7. The van der Waals surface area contributed by atoms with Gasteiger partial charge in [-0.2, -0.15) is 0 Å². The maximum absolute atomic E-state index is 11.7. The molecule has 0 aliphatic carbocycles. The van der Waals surface area contributed by atoms with E-state index in [4.69, 9.17) is 9.84 Å². The molecule has 2 heterocycles. The fraction of sp³-hybridized carbons (Fsp3) is 0.417. The average Bonchev–Trinajstić information content (AvgIpc) is 2.89. The van der Waals surface area contributed by atoms with Gasteiger partial charge in [0.05, 0.1) is 12.2 Å². The number of carboxylic acid groups (broad SMARTS) is 1. The molecule has 0 saturated carbocycles. The highest BCUT2D eigenvalue weighted by atomic mass is 16.5. The van der Waals surface area contributed by atoms with Crippen LogP contribution in [0, 0.1) is 5.92 Å². The number of nitrogens with zero attached hydrogens (tertiary/aromatic N) is 1. The minimum Gasteiger partial charge on any atom is -0.477 e. The Hall–Kier alpha value is -1.95. The van der Waals surface area contributed by atoms with Crippen molar-refractivity contribution in [1.82, 2.24) is 10.3 Å². The third-order valence-electron chi connectivity index (χ3n) is 2.82. The lowest BCUT2D eigenvalue weighted by Crippen LogP contribution is -2.29. The summed E-state index contributed by atoms with van der Waals surface area (Å²) in [6, 6.07) is 2.77. The molecule has 0 aromatic carbocycles. The molecule has 6 nitrogen and oxygen atoms in total. The number of hydrogen-bond donors (Lipinski definition) is 2. The lowest BCUT2D eigenvalue weighted by Gasteiger charge is -2.09. The van der Waals surface area contributed by atoms with Crippen LogP contribution >= 0.6 is 0 Å². The van der Waals surface area contributed by atoms with E-state index in [0.29, 0.717) is 24.6 Å². The van der Waals surface area contributed by atoms with Gasteiger partial charge in [0.25, 0.3) is 5.91 Å². The highest BCUT2D eigenvalue weighted by Crippen LogP contribution is 2.11. The Morgan fingerprint density at radius 2 is 2.33 bits per heavy atom. The van der Waals surface area contributed by atoms with Gasteiger partial charge >= 0.3 is 5.97 Å². The van der Waals surface area contributed by atoms with Crippen LogP contribution in [0.5, 0.6) is 0 Å². The highest BCUT2D eigenvalue weighted by Gasteiger charge is 2.17. The molecule has 1 aliphatic rings. The van der Waals surface area contributed by atoms with Gasteiger partial charge in [-0.15, -0.1) is 0 Å². The summed E-state index contributed by atoms with van der Waals surface area (Å²) in [6.45, 7) is 1.99. The number of rotatable bonds is 4. The summed E-state index contributed by atoms with van der Waals surface area (Å²) in [7, 11) is 0. The summed E-state index contributed by atoms with van der Waals surface area (Å²) < 4.78 is 5.21. The predicted molar refractivity (Wildman–Crippen MR) is 62.5 cm³/mol. The molecule has 1 aliphatic heterocycles. The van der Waals surface area contributed by atoms with E-state index in [0.717, 1.165) is 13.0 Å². The number of hydrogen-bond acceptors (Lipinski definition) is 4. The van der Waals surface area contributed by atoms with E-state index in [1.165, 1.54) is 18.3 Å². The second-order valence-corrected chi connectivity index (χ2v) is 4.18. The first kappa shape index (κ1) is 12.5. The third kappa shape index (κ3) is 3.04. The van der Waals surface area contributed by atoms with E-state index in [9.17, 15) is 9.59 Å². The summed E-state index contributed by atoms with van der Waals surface area (Å²) in [6.07, 6.45) is 2.22. The third-order valence-corrected chi connectivity index (χ3v) is 2.82. The van der Waals surface area contributed by atoms with Crippen molar-refractivity contribution in [1.29, 1.82) is 0 Å². The number of pyridine rings is 1. The smallest absolute Gasteiger partial charge is 0.354 e. The molecule has 1 aromatic heterocycles. The van der Waals surface area contributed by atoms with Gasteiger partial charge in [0.2, 0.25) is 0 Å². The molecule has 1 saturated heterocycles. The van der Waals surface area contributed by atoms with Crippen molar-refractivity contribution in [2.45, 2.75) is 6.42 Å². The van der Waals surface area contributed by atoms with E-state index in [1.807, 2.05) is 0 Å². The first-order valence-corrected chi connectivity index (χ1v) is 5.72. The van der Waals surface area contributed by atoms with Gasteiger partial charge in [-0.25, -0.2) is 9.78 Å². The summed E-state index contributed by atoms with van der Waals surface area (Å²) in [4.78, 5) is 26.0. The van der Waals surface area contributed by atoms with Gasteiger partial charge in [-0.1, -0.05) is 0 Å². The van der Waals surface area contributed by atoms with Crippen LogP contribution in [-0.4, -0.2) is 41.7 Å². The molecule has 0 bridgehead atoms. The molecule has 96 valence electrons. The van der Waals surface area contributed by atoms with Crippen LogP contribution in [0.2, 0.25) is 0 Å². The van der Waals surface area contributed by atoms with E-state index >= 15 is 0 Å². The fourth-order valence-corrected chi connectivity index (χ4v) is 1.74. The molecule has 2 rings (SSSR count). The number of ether oxygens (including phenoxy) is 1. The van der Waals surface area contributed by atoms with Crippen LogP contribution in [0.25, 0.3) is 0 Å². The van der Waals surface area contributed by atoms with Gasteiger partial charge in [0.1, 0.15) is 5.69 Å². The van der Waals surface area contributed by atoms with Gasteiger partial charge in [0.15, 0.2) is 0 Å². The Labute approximate surface area is 104 Å². The van der Waals surface area contributed by atoms with Crippen molar-refractivity contribution in [2.75, 3.05) is 19.8 Å². The van der Waals surface area contributed by atoms with Crippen LogP contribution in [-0.2, 0) is 4.74 Å². The Morgan fingerprint density at radius 1 is 1.50 bits per heavy atom. The van der Waals surface area contributed by atoms with Crippen LogP contribution in [0.1, 0.15) is 27.3 Å². The van der Waals surface area contributed by atoms with Crippen molar-refractivity contribution >= 4 is 11.9 Å². The van der Waals surface area contributed by atoms with Crippen molar-refractivity contribution in [2.24, 2.45) is 5.92 Å². The Balaban J connectivity index is 1.89. The second kappa shape index (κ2) is 5.59. The van der Waals surface area contributed by atoms with Crippen LogP contribution in [0.15, 0.2) is 18.3 Å². The average molecular weight is 250 g/mol. The quantitative estimate of drug-likeness (QED) is 0.814. The van der Waals surface area contributed by atoms with Crippen LogP contribution < -0.4 is 5.32 Å². The van der Waals surface area contributed by atoms with Crippen molar-refractivity contribution in [3.63, 3.8) is 0 Å². The zero-order valence-corrected chi connectivity index (χ0v) is 9.76. The molecule has 1 atom stereocenters. The van der Waals surface area contributed by atoms with Crippen molar-refractivity contribution in [3.8, 4) is 0 Å². The number of carbonyl (C=O) groups is 2. The number of aromatic carboxylic acids is 1. The minimum atomic E-state index is -1.11. The normalized spacial score (nSPS) is 18.6. The number of amides is 1. The van der Waals surface area contributed by atoms with E-state index in [1.54, 1.807) is 0 Å². The predicted octanol–water partition coefficient (Wildman–Crippen LogP) is 0.546. The molecular weight excluding hydrogens is 236 g/mol. The van der Waals surface area contributed by atoms with Crippen LogP contribution in [0.3, 0.4) is 0 Å². The maximum Gasteiger partial charge on any atom is 0.354 e. The molecular formula is C12H14N2O4. The molecule has 6 heteroatoms. The zero-order chi connectivity index (χ0) is 13.0. The monoisotopic (exact) mass is 250 g/mol. The van der Waals surface area contributed by atoms with Gasteiger partial charge in [-0.05, 0) is 18.6 Å². The molecule has 1 unspecified atom stereocenters. The summed E-state index contributed by atoms with van der Waals surface area (Å²) >= 11 is 0. The molecule has 0 spiro atoms. The summed E-state index contributed by atoms with van der Waals surface area (Å²) in [5, 5.41) is 11.5. The lowest BCUT2D eigenvalue weighted by atomic mass is 10.1. The molecule has 2 N–H and O–H groups in total. The second-order valence-electron chi connectivity index (χ2n) is 4.18. The van der Waals surface area contributed by atoms with Crippen molar-refractivity contribution < 1.29 is 19.4 Å². The number of carbonyl (C=O) groups excluding carboxylic acids is 1. The SMILES string of the molecule is O=C(NCC1CCOC1)c1ccc(C(=O)O)nc1. The van der Waals surface area contributed by atoms with E-state index in [2.05, 4.69) is 10.3 Å². The van der Waals surface area contributed by atoms with E-state index < -0.39 is 5.97 Å². The number of nitrogens with one attached hydrogen (secondary N) is 1. The lowest BCUT2D eigenvalue weighted by molar-refractivity contribution is 0.0689. The van der Waals surface area contributed by atoms with Crippen molar-refractivity contribution in [3.05, 3.63) is 29.6 Å². The Morgan fingerprint density at radius 3 is 2.89 bits per heavy atom. The fourth-order valence-electron chi connectivity index (χ4n) is 1.74. The zero-order valence-electron chi connectivity index (χ0n) is 9.76. The largest absolute Gasteiger partial charge is 0.477 e. The first-order chi connectivity index (χ1) is 8.66. The van der Waals surface area contributed by atoms with Gasteiger partial charge < -0.3 is 15.2 Å². The summed E-state index contributed by atoms with van der Waals surface area (Å²) in [5.74, 6) is -0.989. The number of aromatic nitrogens is 1. The Kier molecular flexibility index (Phi) is 3.88. The van der Waals surface area contributed by atoms with Gasteiger partial charge in [0, 0.05) is 25.3 Å². The Bertz CT molecular complexity index is 438.